The van der Waals surface area contributed by atoms with Gasteiger partial charge in [-0.05, 0) is 54.8 Å². The van der Waals surface area contributed by atoms with Crippen molar-refractivity contribution < 1.29 is 58.5 Å². The van der Waals surface area contributed by atoms with Crippen LogP contribution in [0.25, 0.3) is 16.6 Å². The number of alkyl halides is 3. The number of ether oxygens (including phenoxy) is 1. The van der Waals surface area contributed by atoms with E-state index in [-0.39, 0.29) is 51.9 Å². The maximum atomic E-state index is 13.1. The molecule has 0 aliphatic rings. The van der Waals surface area contributed by atoms with Crippen LogP contribution in [0.3, 0.4) is 0 Å². The molecule has 0 radical (unpaired) electrons. The second-order valence-electron chi connectivity index (χ2n) is 13.3. The third kappa shape index (κ3) is 23.0. The molecule has 10 nitrogen and oxygen atoms in total. The third-order valence-corrected chi connectivity index (χ3v) is 9.10. The normalized spacial score (nSPS) is 11.5. The number of unbranched alkanes of at least 4 members (excludes halogenated alkanes) is 13. The number of hydrogen-bond acceptors (Lipinski definition) is 5. The third-order valence-electron chi connectivity index (χ3n) is 8.61. The van der Waals surface area contributed by atoms with Gasteiger partial charge in [-0.25, -0.2) is 0 Å². The van der Waals surface area contributed by atoms with Crippen molar-refractivity contribution in [3.8, 4) is 5.75 Å². The molecule has 0 aliphatic carbocycles. The largest absolute Gasteiger partial charge is 0.677 e. The number of fused-ring (bicyclic) bond motifs is 1. The second kappa shape index (κ2) is 29.3. The van der Waals surface area contributed by atoms with Crippen LogP contribution >= 0.6 is 15.9 Å². The summed E-state index contributed by atoms with van der Waals surface area (Å²) in [5, 5.41) is 17.8. The van der Waals surface area contributed by atoms with Crippen LogP contribution in [0.5, 0.6) is 5.75 Å². The van der Waals surface area contributed by atoms with Gasteiger partial charge in [-0.15, -0.1) is 13.2 Å². The van der Waals surface area contributed by atoms with E-state index >= 15 is 0 Å². The molecule has 0 fully saturated rings. The van der Waals surface area contributed by atoms with Crippen LogP contribution in [0.4, 0.5) is 13.2 Å². The van der Waals surface area contributed by atoms with Gasteiger partial charge in [-0.3, -0.25) is 14.4 Å². The Morgan fingerprint density at radius 1 is 0.855 bits per heavy atom. The monoisotopic (exact) mass is 1010 g/mol. The van der Waals surface area contributed by atoms with Crippen molar-refractivity contribution in [2.45, 2.75) is 122 Å². The Bertz CT molecular complexity index is 1520. The van der Waals surface area contributed by atoms with E-state index in [0.717, 1.165) is 91.7 Å². The van der Waals surface area contributed by atoms with Crippen LogP contribution in [-0.2, 0) is 37.1 Å². The Kier molecular flexibility index (Phi) is 26.7. The van der Waals surface area contributed by atoms with Crippen LogP contribution in [0.15, 0.2) is 53.0 Å². The van der Waals surface area contributed by atoms with Gasteiger partial charge < -0.3 is 36.5 Å². The maximum Gasteiger partial charge on any atom is 0.573 e. The Labute approximate surface area is 346 Å². The van der Waals surface area contributed by atoms with Crippen LogP contribution < -0.4 is 20.7 Å². The Morgan fingerprint density at radius 2 is 1.49 bits per heavy atom. The summed E-state index contributed by atoms with van der Waals surface area (Å²) in [6.07, 6.45) is 11.7. The van der Waals surface area contributed by atoms with E-state index in [2.05, 4.69) is 48.5 Å². The van der Waals surface area contributed by atoms with Crippen molar-refractivity contribution in [1.82, 2.24) is 20.9 Å². The Hall–Kier alpha value is -2.93. The van der Waals surface area contributed by atoms with E-state index in [1.807, 2.05) is 18.2 Å². The number of aromatic amines is 1. The smallest absolute Gasteiger partial charge is 0.573 e. The summed E-state index contributed by atoms with van der Waals surface area (Å²) < 4.78 is 42.6. The molecule has 1 heterocycles. The zero-order valence-corrected chi connectivity index (χ0v) is 36.4. The van der Waals surface area contributed by atoms with Gasteiger partial charge in [0.25, 0.3) is 5.91 Å². The van der Waals surface area contributed by atoms with Crippen molar-refractivity contribution in [2.24, 2.45) is 0 Å². The standard InChI is InChI=1S/C32H40BrF3N4O5.C8H18N.W/c33-24-13-14-26-23(19-24)20-27(39-26)30(43)38-21-28(31(44)37-15-8-6-4-2-1-3-5-7-9-16-41)40-29(42)18-22-11-10-12-25(17-22)45-32(34,35)36;1-2-3-4-5-6-7-8-9;/h10-14,17,19-20,28,39,41H,1-9,15-16,18,21H2,(H,37,44)(H,38,43)(H,40,42);9H,2-8H2,1H3;/q;-1;. The maximum absolute atomic E-state index is 13.1. The molecule has 1 aromatic heterocycles. The number of carbonyl (C=O) groups excluding carboxylic acids is 3. The molecular formula is C40H58BrF3N5O5W-. The molecule has 0 saturated heterocycles. The summed E-state index contributed by atoms with van der Waals surface area (Å²) in [4.78, 5) is 41.9. The van der Waals surface area contributed by atoms with Gasteiger partial charge in [0, 0.05) is 56.1 Å². The minimum Gasteiger partial charge on any atom is -0.677 e. The number of hydrogen-bond donors (Lipinski definition) is 5. The summed E-state index contributed by atoms with van der Waals surface area (Å²) in [5.41, 5.74) is 8.18. The minimum absolute atomic E-state index is 0. The van der Waals surface area contributed by atoms with E-state index < -0.39 is 35.9 Å². The summed E-state index contributed by atoms with van der Waals surface area (Å²) in [5.74, 6) is -2.02. The molecule has 3 amide bonds. The molecule has 3 rings (SSSR count). The number of benzene rings is 2. The van der Waals surface area contributed by atoms with E-state index in [1.165, 1.54) is 44.2 Å². The van der Waals surface area contributed by atoms with Crippen molar-refractivity contribution in [3.63, 3.8) is 0 Å². The molecule has 0 aliphatic heterocycles. The molecule has 0 bridgehead atoms. The molecule has 308 valence electrons. The molecule has 0 saturated carbocycles. The van der Waals surface area contributed by atoms with Gasteiger partial charge in [0.15, 0.2) is 0 Å². The first-order chi connectivity index (χ1) is 25.9. The summed E-state index contributed by atoms with van der Waals surface area (Å²) in [7, 11) is 0. The van der Waals surface area contributed by atoms with Crippen molar-refractivity contribution in [3.05, 3.63) is 70.0 Å². The van der Waals surface area contributed by atoms with Gasteiger partial charge in [-0.1, -0.05) is 118 Å². The topological polar surface area (TPSA) is 156 Å². The number of rotatable bonds is 25. The molecule has 6 N–H and O–H groups in total. The van der Waals surface area contributed by atoms with Gasteiger partial charge >= 0.3 is 6.36 Å². The zero-order valence-electron chi connectivity index (χ0n) is 31.8. The number of amides is 3. The van der Waals surface area contributed by atoms with Crippen molar-refractivity contribution in [2.75, 3.05) is 26.2 Å². The predicted molar refractivity (Wildman–Crippen MR) is 211 cm³/mol. The van der Waals surface area contributed by atoms with Crippen LogP contribution in [0.2, 0.25) is 0 Å². The van der Waals surface area contributed by atoms with Gasteiger partial charge in [-0.2, -0.15) is 6.54 Å². The zero-order chi connectivity index (χ0) is 39.6. The number of H-pyrrole nitrogens is 1. The molecule has 1 atom stereocenters. The number of aliphatic hydroxyl groups excluding tert-OH is 1. The molecular weight excluding hydrogens is 951 g/mol. The van der Waals surface area contributed by atoms with Crippen LogP contribution in [0.1, 0.15) is 119 Å². The van der Waals surface area contributed by atoms with Gasteiger partial charge in [0.05, 0.1) is 6.42 Å². The first-order valence-corrected chi connectivity index (χ1v) is 20.0. The van der Waals surface area contributed by atoms with Gasteiger partial charge in [0.1, 0.15) is 17.5 Å². The predicted octanol–water partition coefficient (Wildman–Crippen LogP) is 9.30. The number of carbonyl (C=O) groups is 3. The summed E-state index contributed by atoms with van der Waals surface area (Å²) in [6, 6.07) is 11.1. The molecule has 3 aromatic rings. The molecule has 2 aromatic carbocycles. The van der Waals surface area contributed by atoms with Crippen LogP contribution in [-0.4, -0.2) is 66.5 Å². The number of aromatic nitrogens is 1. The second-order valence-corrected chi connectivity index (χ2v) is 14.2. The first-order valence-electron chi connectivity index (χ1n) is 19.2. The fourth-order valence-electron chi connectivity index (χ4n) is 5.72. The fraction of sp³-hybridized carbons (Fsp3) is 0.575. The average molecular weight is 1010 g/mol. The van der Waals surface area contributed by atoms with Gasteiger partial charge in [0.2, 0.25) is 11.8 Å². The van der Waals surface area contributed by atoms with Crippen molar-refractivity contribution >= 4 is 44.6 Å². The molecule has 1 unspecified atom stereocenters. The number of halogens is 4. The van der Waals surface area contributed by atoms with Crippen LogP contribution in [0, 0.1) is 0 Å². The first kappa shape index (κ1) is 50.1. The molecule has 15 heteroatoms. The van der Waals surface area contributed by atoms with E-state index in [9.17, 15) is 27.6 Å². The summed E-state index contributed by atoms with van der Waals surface area (Å²) >= 11 is 3.40. The SMILES string of the molecule is CCCCCCCC[NH-].O=C(Cc1cccc(OC(F)(F)F)c1)NC(CNC(=O)c1cc2cc(Br)ccc2[nH]1)C(=O)NCCCCCCCCCCCO.[W]. The van der Waals surface area contributed by atoms with E-state index in [4.69, 9.17) is 10.8 Å². The molecule has 55 heavy (non-hydrogen) atoms. The van der Waals surface area contributed by atoms with E-state index in [1.54, 1.807) is 6.07 Å². The fourth-order valence-corrected chi connectivity index (χ4v) is 6.10. The Balaban J connectivity index is 0.00000134. The Morgan fingerprint density at radius 3 is 2.13 bits per heavy atom. The van der Waals surface area contributed by atoms with Crippen molar-refractivity contribution in [1.29, 1.82) is 0 Å². The molecule has 0 spiro atoms. The number of aliphatic hydroxyl groups is 1. The van der Waals surface area contributed by atoms with E-state index in [0.29, 0.717) is 13.1 Å². The number of nitrogens with one attached hydrogen (secondary N) is 5. The average Bonchev–Trinajstić information content (AvgIpc) is 3.55. The quantitative estimate of drug-likeness (QED) is 0.0536. The minimum atomic E-state index is -4.87. The summed E-state index contributed by atoms with van der Waals surface area (Å²) in [6.45, 7) is 3.27.